The molecule has 0 N–H and O–H groups in total. The largest absolute Gasteiger partial charge is 0.485 e. The molecule has 0 radical (unpaired) electrons. The van der Waals surface area contributed by atoms with E-state index >= 15 is 0 Å². The highest BCUT2D eigenvalue weighted by molar-refractivity contribution is 7.21. The normalized spacial score (nSPS) is 10.8. The zero-order valence-corrected chi connectivity index (χ0v) is 14.1. The second kappa shape index (κ2) is 7.37. The van der Waals surface area contributed by atoms with Gasteiger partial charge in [-0.1, -0.05) is 12.1 Å². The molecule has 0 aliphatic rings. The van der Waals surface area contributed by atoms with Crippen molar-refractivity contribution in [2.45, 2.75) is 13.2 Å². The van der Waals surface area contributed by atoms with Gasteiger partial charge in [0.05, 0.1) is 12.8 Å². The van der Waals surface area contributed by atoms with Crippen molar-refractivity contribution in [3.05, 3.63) is 52.9 Å². The Bertz CT molecular complexity index is 863. The van der Waals surface area contributed by atoms with Crippen LogP contribution in [0, 0.1) is 0 Å². The summed E-state index contributed by atoms with van der Waals surface area (Å²) < 4.78 is 16.8. The highest BCUT2D eigenvalue weighted by Crippen LogP contribution is 2.38. The van der Waals surface area contributed by atoms with Crippen molar-refractivity contribution < 1.29 is 19.0 Å². The van der Waals surface area contributed by atoms with Crippen LogP contribution < -0.4 is 4.74 Å². The van der Waals surface area contributed by atoms with Gasteiger partial charge in [-0.15, -0.1) is 11.3 Å². The second-order valence-electron chi connectivity index (χ2n) is 4.93. The molecule has 3 aromatic rings. The highest BCUT2D eigenvalue weighted by Gasteiger charge is 2.20. The molecule has 0 saturated carbocycles. The molecular weight excluding hydrogens is 328 g/mol. The van der Waals surface area contributed by atoms with E-state index in [9.17, 15) is 4.79 Å². The number of rotatable bonds is 6. The molecule has 0 aliphatic heterocycles. The van der Waals surface area contributed by atoms with Crippen molar-refractivity contribution in [3.8, 4) is 5.75 Å². The fourth-order valence-electron chi connectivity index (χ4n) is 2.26. The molecule has 0 fully saturated rings. The summed E-state index contributed by atoms with van der Waals surface area (Å²) in [6.45, 7) is 0.562. The van der Waals surface area contributed by atoms with E-state index in [1.807, 2.05) is 24.3 Å². The first kappa shape index (κ1) is 16.4. The van der Waals surface area contributed by atoms with Crippen molar-refractivity contribution in [2.24, 2.45) is 0 Å². The summed E-state index contributed by atoms with van der Waals surface area (Å²) in [5, 5.41) is 0.883. The van der Waals surface area contributed by atoms with Gasteiger partial charge in [0.2, 0.25) is 0 Å². The summed E-state index contributed by atoms with van der Waals surface area (Å²) in [7, 11) is 2.95. The average molecular weight is 344 g/mol. The zero-order valence-electron chi connectivity index (χ0n) is 13.3. The van der Waals surface area contributed by atoms with Crippen LogP contribution in [-0.4, -0.2) is 30.2 Å². The molecule has 0 unspecified atom stereocenters. The first-order valence-electron chi connectivity index (χ1n) is 7.25. The van der Waals surface area contributed by atoms with Crippen molar-refractivity contribution >= 4 is 27.4 Å². The third-order valence-corrected chi connectivity index (χ3v) is 4.45. The van der Waals surface area contributed by atoms with E-state index in [1.165, 1.54) is 18.4 Å². The zero-order chi connectivity index (χ0) is 16.9. The Labute approximate surface area is 143 Å². The molecule has 1 aromatic carbocycles. The van der Waals surface area contributed by atoms with E-state index < -0.39 is 5.97 Å². The van der Waals surface area contributed by atoms with Crippen LogP contribution >= 0.6 is 11.3 Å². The van der Waals surface area contributed by atoms with Crippen molar-refractivity contribution in [3.63, 3.8) is 0 Å². The molecule has 7 heteroatoms. The van der Waals surface area contributed by atoms with E-state index in [2.05, 4.69) is 9.97 Å². The summed E-state index contributed by atoms with van der Waals surface area (Å²) in [6.07, 6.45) is 1.66. The van der Waals surface area contributed by atoms with Crippen molar-refractivity contribution in [1.82, 2.24) is 9.97 Å². The Hall–Kier alpha value is -2.51. The van der Waals surface area contributed by atoms with E-state index in [0.717, 1.165) is 10.1 Å². The highest BCUT2D eigenvalue weighted by atomic mass is 32.1. The number of benzene rings is 1. The molecular formula is C17H16N2O4S. The number of aromatic nitrogens is 2. The summed E-state index contributed by atoms with van der Waals surface area (Å²) in [5.74, 6) is 0.699. The minimum Gasteiger partial charge on any atom is -0.485 e. The maximum Gasteiger partial charge on any atom is 0.351 e. The third kappa shape index (κ3) is 3.37. The minimum atomic E-state index is -0.408. The first-order chi connectivity index (χ1) is 11.7. The van der Waals surface area contributed by atoms with Crippen LogP contribution in [0.25, 0.3) is 10.1 Å². The number of carbonyl (C=O) groups is 1. The van der Waals surface area contributed by atoms with Gasteiger partial charge in [-0.25, -0.2) is 14.8 Å². The lowest BCUT2D eigenvalue weighted by molar-refractivity contribution is 0.0602. The topological polar surface area (TPSA) is 70.5 Å². The summed E-state index contributed by atoms with van der Waals surface area (Å²) >= 11 is 1.35. The van der Waals surface area contributed by atoms with Gasteiger partial charge in [0.1, 0.15) is 13.2 Å². The van der Waals surface area contributed by atoms with Gasteiger partial charge in [-0.3, -0.25) is 0 Å². The molecule has 0 spiro atoms. The quantitative estimate of drug-likeness (QED) is 0.640. The van der Waals surface area contributed by atoms with Crippen LogP contribution in [0.1, 0.15) is 21.2 Å². The predicted molar refractivity (Wildman–Crippen MR) is 90.2 cm³/mol. The molecule has 0 bridgehead atoms. The van der Waals surface area contributed by atoms with Crippen LogP contribution in [0.5, 0.6) is 5.75 Å². The average Bonchev–Trinajstić information content (AvgIpc) is 2.98. The number of ether oxygens (including phenoxy) is 3. The van der Waals surface area contributed by atoms with Gasteiger partial charge in [0, 0.05) is 23.4 Å². The molecule has 124 valence electrons. The maximum atomic E-state index is 12.0. The Morgan fingerprint density at radius 1 is 1.17 bits per heavy atom. The van der Waals surface area contributed by atoms with Gasteiger partial charge in [-0.2, -0.15) is 0 Å². The second-order valence-corrected chi connectivity index (χ2v) is 5.99. The summed E-state index contributed by atoms with van der Waals surface area (Å²) in [4.78, 5) is 21.0. The molecule has 0 aliphatic carbocycles. The molecule has 0 amide bonds. The molecule has 24 heavy (non-hydrogen) atoms. The number of esters is 1. The lowest BCUT2D eigenvalue weighted by Crippen LogP contribution is -2.06. The van der Waals surface area contributed by atoms with E-state index in [0.29, 0.717) is 28.8 Å². The van der Waals surface area contributed by atoms with Crippen LogP contribution in [0.15, 0.2) is 36.5 Å². The van der Waals surface area contributed by atoms with Gasteiger partial charge in [-0.05, 0) is 18.2 Å². The Morgan fingerprint density at radius 2 is 2.00 bits per heavy atom. The smallest absolute Gasteiger partial charge is 0.351 e. The lowest BCUT2D eigenvalue weighted by Gasteiger charge is -2.08. The molecule has 0 saturated heterocycles. The molecule has 2 aromatic heterocycles. The van der Waals surface area contributed by atoms with Crippen molar-refractivity contribution in [2.75, 3.05) is 14.2 Å². The Kier molecular flexibility index (Phi) is 5.02. The fraction of sp³-hybridized carbons (Fsp3) is 0.235. The molecule has 2 heterocycles. The van der Waals surface area contributed by atoms with Gasteiger partial charge < -0.3 is 14.2 Å². The van der Waals surface area contributed by atoms with Gasteiger partial charge in [0.15, 0.2) is 16.5 Å². The molecule has 6 nitrogen and oxygen atoms in total. The van der Waals surface area contributed by atoms with Crippen molar-refractivity contribution in [1.29, 1.82) is 0 Å². The number of nitrogens with zero attached hydrogens (tertiary/aromatic N) is 2. The third-order valence-electron chi connectivity index (χ3n) is 3.32. The SMILES string of the molecule is COCc1nccc(COc2c(C(=O)OC)sc3ccccc23)n1. The van der Waals surface area contributed by atoms with Crippen LogP contribution in [-0.2, 0) is 22.7 Å². The van der Waals surface area contributed by atoms with E-state index in [4.69, 9.17) is 14.2 Å². The summed E-state index contributed by atoms with van der Waals surface area (Å²) in [5.41, 5.74) is 0.711. The Balaban J connectivity index is 1.89. The van der Waals surface area contributed by atoms with E-state index in [1.54, 1.807) is 19.4 Å². The molecule has 3 rings (SSSR count). The first-order valence-corrected chi connectivity index (χ1v) is 8.07. The lowest BCUT2D eigenvalue weighted by atomic mass is 10.2. The minimum absolute atomic E-state index is 0.226. The van der Waals surface area contributed by atoms with Crippen LogP contribution in [0.4, 0.5) is 0 Å². The molecule has 0 atom stereocenters. The fourth-order valence-corrected chi connectivity index (χ4v) is 3.32. The number of carbonyl (C=O) groups excluding carboxylic acids is 1. The maximum absolute atomic E-state index is 12.0. The standard InChI is InChI=1S/C17H16N2O4S/c1-21-10-14-18-8-7-11(19-14)9-23-15-12-5-3-4-6-13(12)24-16(15)17(20)22-2/h3-8H,9-10H2,1-2H3. The number of fused-ring (bicyclic) bond motifs is 1. The van der Waals surface area contributed by atoms with Gasteiger partial charge >= 0.3 is 5.97 Å². The van der Waals surface area contributed by atoms with Crippen LogP contribution in [0.2, 0.25) is 0 Å². The number of hydrogen-bond acceptors (Lipinski definition) is 7. The number of hydrogen-bond donors (Lipinski definition) is 0. The van der Waals surface area contributed by atoms with Gasteiger partial charge in [0.25, 0.3) is 0 Å². The monoisotopic (exact) mass is 344 g/mol. The van der Waals surface area contributed by atoms with Crippen LogP contribution in [0.3, 0.4) is 0 Å². The predicted octanol–water partition coefficient (Wildman–Crippen LogP) is 3.20. The number of methoxy groups -OCH3 is 2. The summed E-state index contributed by atoms with van der Waals surface area (Å²) in [6, 6.07) is 9.46. The number of thiophene rings is 1. The Morgan fingerprint density at radius 3 is 2.79 bits per heavy atom. The van der Waals surface area contributed by atoms with E-state index in [-0.39, 0.29) is 6.61 Å².